The van der Waals surface area contributed by atoms with E-state index in [1.807, 2.05) is 12.1 Å². The van der Waals surface area contributed by atoms with Gasteiger partial charge >= 0.3 is 0 Å². The minimum Gasteiger partial charge on any atom is -0.387 e. The summed E-state index contributed by atoms with van der Waals surface area (Å²) in [5.74, 6) is 0.633. The van der Waals surface area contributed by atoms with Gasteiger partial charge < -0.3 is 15.3 Å². The number of benzene rings is 1. The fourth-order valence-electron chi connectivity index (χ4n) is 1.94. The second-order valence-corrected chi connectivity index (χ2v) is 5.77. The summed E-state index contributed by atoms with van der Waals surface area (Å²) in [7, 11) is 3.43. The van der Waals surface area contributed by atoms with Crippen molar-refractivity contribution >= 4 is 5.91 Å². The summed E-state index contributed by atoms with van der Waals surface area (Å²) in [5, 5.41) is 13.0. The minimum absolute atomic E-state index is 0.00415. The average molecular weight is 278 g/mol. The molecule has 0 heterocycles. The number of carbonyl (C=O) groups is 1. The van der Waals surface area contributed by atoms with Gasteiger partial charge in [0.1, 0.15) is 0 Å². The van der Waals surface area contributed by atoms with Gasteiger partial charge in [-0.25, -0.2) is 0 Å². The molecule has 0 spiro atoms. The van der Waals surface area contributed by atoms with Crippen LogP contribution >= 0.6 is 0 Å². The van der Waals surface area contributed by atoms with Crippen LogP contribution in [-0.4, -0.2) is 43.1 Å². The van der Waals surface area contributed by atoms with Crippen LogP contribution in [0, 0.1) is 5.92 Å². The van der Waals surface area contributed by atoms with E-state index in [-0.39, 0.29) is 12.5 Å². The van der Waals surface area contributed by atoms with E-state index in [0.717, 1.165) is 12.0 Å². The highest BCUT2D eigenvalue weighted by Gasteiger charge is 2.09. The average Bonchev–Trinajstić information content (AvgIpc) is 2.38. The van der Waals surface area contributed by atoms with Crippen LogP contribution in [0.15, 0.2) is 24.3 Å². The summed E-state index contributed by atoms with van der Waals surface area (Å²) in [4.78, 5) is 12.9. The van der Waals surface area contributed by atoms with E-state index < -0.39 is 6.10 Å². The maximum atomic E-state index is 11.4. The summed E-state index contributed by atoms with van der Waals surface area (Å²) in [6.45, 7) is 5.00. The fourth-order valence-corrected chi connectivity index (χ4v) is 1.94. The van der Waals surface area contributed by atoms with Crippen LogP contribution in [0.25, 0.3) is 0 Å². The summed E-state index contributed by atoms with van der Waals surface area (Å²) < 4.78 is 0. The Morgan fingerprint density at radius 2 is 1.85 bits per heavy atom. The summed E-state index contributed by atoms with van der Waals surface area (Å²) in [5.41, 5.74) is 2.16. The zero-order valence-electron chi connectivity index (χ0n) is 12.9. The second kappa shape index (κ2) is 8.02. The molecule has 112 valence electrons. The first-order chi connectivity index (χ1) is 9.40. The lowest BCUT2D eigenvalue weighted by molar-refractivity contribution is -0.127. The number of amides is 1. The number of carbonyl (C=O) groups excluding carboxylic acids is 1. The highest BCUT2D eigenvalue weighted by Crippen LogP contribution is 2.15. The van der Waals surface area contributed by atoms with Crippen molar-refractivity contribution < 1.29 is 9.90 Å². The first kappa shape index (κ1) is 16.7. The van der Waals surface area contributed by atoms with Crippen LogP contribution in [0.1, 0.15) is 31.1 Å². The van der Waals surface area contributed by atoms with Gasteiger partial charge in [-0.05, 0) is 23.5 Å². The molecule has 1 aromatic rings. The van der Waals surface area contributed by atoms with E-state index in [1.54, 1.807) is 14.1 Å². The topological polar surface area (TPSA) is 52.6 Å². The Bertz CT molecular complexity index is 413. The quantitative estimate of drug-likeness (QED) is 0.796. The predicted molar refractivity (Wildman–Crippen MR) is 81.5 cm³/mol. The molecule has 20 heavy (non-hydrogen) atoms. The summed E-state index contributed by atoms with van der Waals surface area (Å²) in [6.07, 6.45) is 0.462. The smallest absolute Gasteiger partial charge is 0.236 e. The van der Waals surface area contributed by atoms with E-state index in [4.69, 9.17) is 0 Å². The maximum Gasteiger partial charge on any atom is 0.236 e. The van der Waals surface area contributed by atoms with Crippen LogP contribution in [0.5, 0.6) is 0 Å². The molecule has 1 unspecified atom stereocenters. The van der Waals surface area contributed by atoms with Gasteiger partial charge in [-0.15, -0.1) is 0 Å². The molecule has 0 bridgehead atoms. The zero-order valence-corrected chi connectivity index (χ0v) is 12.9. The number of hydrogen-bond donors (Lipinski definition) is 2. The molecule has 1 amide bonds. The number of likely N-dealkylation sites (N-methyl/N-ethyl adjacent to an activating group) is 1. The molecular weight excluding hydrogens is 252 g/mol. The molecule has 0 radical (unpaired) electrons. The van der Waals surface area contributed by atoms with Crippen LogP contribution in [0.4, 0.5) is 0 Å². The Morgan fingerprint density at radius 1 is 1.25 bits per heavy atom. The van der Waals surface area contributed by atoms with E-state index in [0.29, 0.717) is 12.5 Å². The molecule has 1 rings (SSSR count). The molecule has 4 nitrogen and oxygen atoms in total. The lowest BCUT2D eigenvalue weighted by Crippen LogP contribution is -2.34. The zero-order chi connectivity index (χ0) is 15.1. The Morgan fingerprint density at radius 3 is 2.35 bits per heavy atom. The number of hydrogen-bond acceptors (Lipinski definition) is 3. The van der Waals surface area contributed by atoms with Crippen molar-refractivity contribution in [3.63, 3.8) is 0 Å². The largest absolute Gasteiger partial charge is 0.387 e. The number of nitrogens with one attached hydrogen (secondary N) is 1. The molecule has 0 aromatic heterocycles. The highest BCUT2D eigenvalue weighted by atomic mass is 16.3. The van der Waals surface area contributed by atoms with E-state index in [2.05, 4.69) is 31.3 Å². The Balaban J connectivity index is 2.43. The SMILES string of the molecule is CC(C)Cc1ccc(C(O)CNCC(=O)N(C)C)cc1. The fraction of sp³-hybridized carbons (Fsp3) is 0.562. The van der Waals surface area contributed by atoms with Crippen LogP contribution < -0.4 is 5.32 Å². The third kappa shape index (κ3) is 5.72. The third-order valence-electron chi connectivity index (χ3n) is 3.12. The number of nitrogens with zero attached hydrogens (tertiary/aromatic N) is 1. The minimum atomic E-state index is -0.585. The Labute approximate surface area is 121 Å². The first-order valence-corrected chi connectivity index (χ1v) is 7.08. The third-order valence-corrected chi connectivity index (χ3v) is 3.12. The van der Waals surface area contributed by atoms with Crippen molar-refractivity contribution in [3.05, 3.63) is 35.4 Å². The van der Waals surface area contributed by atoms with Gasteiger partial charge in [-0.1, -0.05) is 38.1 Å². The van der Waals surface area contributed by atoms with Gasteiger partial charge in [0.2, 0.25) is 5.91 Å². The van der Waals surface area contributed by atoms with E-state index >= 15 is 0 Å². The summed E-state index contributed by atoms with van der Waals surface area (Å²) in [6, 6.07) is 8.03. The molecular formula is C16H26N2O2. The second-order valence-electron chi connectivity index (χ2n) is 5.77. The van der Waals surface area contributed by atoms with Crippen LogP contribution in [0.3, 0.4) is 0 Å². The Kier molecular flexibility index (Phi) is 6.68. The van der Waals surface area contributed by atoms with Crippen LogP contribution in [-0.2, 0) is 11.2 Å². The lowest BCUT2D eigenvalue weighted by Gasteiger charge is -2.15. The Hall–Kier alpha value is -1.39. The van der Waals surface area contributed by atoms with Crippen molar-refractivity contribution in [2.75, 3.05) is 27.2 Å². The number of rotatable bonds is 7. The molecule has 0 saturated heterocycles. The maximum absolute atomic E-state index is 11.4. The van der Waals surface area contributed by atoms with Gasteiger partial charge in [-0.3, -0.25) is 4.79 Å². The molecule has 0 saturated carbocycles. The molecule has 1 atom stereocenters. The van der Waals surface area contributed by atoms with Gasteiger partial charge in [0.25, 0.3) is 0 Å². The van der Waals surface area contributed by atoms with Crippen molar-refractivity contribution in [1.82, 2.24) is 10.2 Å². The molecule has 0 fully saturated rings. The molecule has 2 N–H and O–H groups in total. The van der Waals surface area contributed by atoms with E-state index in [1.165, 1.54) is 10.5 Å². The standard InChI is InChI=1S/C16H26N2O2/c1-12(2)9-13-5-7-14(8-6-13)15(19)10-17-11-16(20)18(3)4/h5-8,12,15,17,19H,9-11H2,1-4H3. The monoisotopic (exact) mass is 278 g/mol. The summed E-state index contributed by atoms with van der Waals surface area (Å²) >= 11 is 0. The van der Waals surface area contributed by atoms with Gasteiger partial charge in [0.15, 0.2) is 0 Å². The highest BCUT2D eigenvalue weighted by molar-refractivity contribution is 5.77. The van der Waals surface area contributed by atoms with Gasteiger partial charge in [0.05, 0.1) is 12.6 Å². The molecule has 0 aliphatic carbocycles. The van der Waals surface area contributed by atoms with Gasteiger partial charge in [-0.2, -0.15) is 0 Å². The lowest BCUT2D eigenvalue weighted by atomic mass is 10.0. The normalized spacial score (nSPS) is 12.5. The number of aliphatic hydroxyl groups is 1. The molecule has 1 aromatic carbocycles. The van der Waals surface area contributed by atoms with Crippen molar-refractivity contribution in [2.45, 2.75) is 26.4 Å². The van der Waals surface area contributed by atoms with Crippen molar-refractivity contribution in [3.8, 4) is 0 Å². The number of aliphatic hydroxyl groups excluding tert-OH is 1. The molecule has 4 heteroatoms. The predicted octanol–water partition coefficient (Wildman–Crippen LogP) is 1.60. The molecule has 0 aliphatic heterocycles. The first-order valence-electron chi connectivity index (χ1n) is 7.08. The van der Waals surface area contributed by atoms with Crippen molar-refractivity contribution in [1.29, 1.82) is 0 Å². The van der Waals surface area contributed by atoms with Gasteiger partial charge in [0, 0.05) is 20.6 Å². The van der Waals surface area contributed by atoms with Crippen molar-refractivity contribution in [2.24, 2.45) is 5.92 Å². The van der Waals surface area contributed by atoms with E-state index in [9.17, 15) is 9.90 Å². The van der Waals surface area contributed by atoms with Crippen LogP contribution in [0.2, 0.25) is 0 Å². The molecule has 0 aliphatic rings.